The molecule has 1 rings (SSSR count). The Morgan fingerprint density at radius 2 is 2.07 bits per heavy atom. The van der Waals surface area contributed by atoms with Gasteiger partial charge in [-0.15, -0.1) is 6.58 Å². The molecule has 0 amide bonds. The lowest BCUT2D eigenvalue weighted by Crippen LogP contribution is -1.82. The van der Waals surface area contributed by atoms with E-state index in [0.29, 0.717) is 5.75 Å². The normalized spacial score (nSPS) is 8.79. The van der Waals surface area contributed by atoms with Crippen LogP contribution in [0, 0.1) is 6.92 Å². The van der Waals surface area contributed by atoms with E-state index in [1.807, 2.05) is 25.1 Å². The van der Waals surface area contributed by atoms with Gasteiger partial charge in [-0.05, 0) is 30.5 Å². The van der Waals surface area contributed by atoms with E-state index in [9.17, 15) is 5.11 Å². The minimum Gasteiger partial charge on any atom is -0.508 e. The summed E-state index contributed by atoms with van der Waals surface area (Å²) in [5, 5.41) is 9.19. The Balaban J connectivity index is 0.000000500. The van der Waals surface area contributed by atoms with Crippen LogP contribution in [0.15, 0.2) is 30.9 Å². The third-order valence-corrected chi connectivity index (χ3v) is 1.64. The molecule has 0 atom stereocenters. The highest BCUT2D eigenvalue weighted by atomic mass is 28.3. The summed E-state index contributed by atoms with van der Waals surface area (Å²) in [7, 11) is 5.19. The molecule has 0 heterocycles. The lowest BCUT2D eigenvalue weighted by Gasteiger charge is -2.00. The van der Waals surface area contributed by atoms with Crippen LogP contribution in [0.25, 0.3) is 0 Å². The summed E-state index contributed by atoms with van der Waals surface area (Å²) in [4.78, 5) is 0. The van der Waals surface area contributed by atoms with Crippen LogP contribution in [-0.4, -0.2) is 26.1 Å². The van der Waals surface area contributed by atoms with E-state index in [-0.39, 0.29) is 0 Å². The Bertz CT molecular complexity index is 287. The number of benzene rings is 1. The van der Waals surface area contributed by atoms with Gasteiger partial charge in [0.15, 0.2) is 0 Å². The summed E-state index contributed by atoms with van der Waals surface area (Å²) in [5.41, 5.74) is 2.11. The summed E-state index contributed by atoms with van der Waals surface area (Å²) < 4.78 is 3.86. The molecule has 1 aromatic carbocycles. The first-order chi connectivity index (χ1) is 6.65. The maximum atomic E-state index is 9.19. The zero-order valence-electron chi connectivity index (χ0n) is 8.08. The van der Waals surface area contributed by atoms with E-state index >= 15 is 0 Å². The highest BCUT2D eigenvalue weighted by Gasteiger charge is 1.95. The van der Waals surface area contributed by atoms with Crippen molar-refractivity contribution in [2.75, 3.05) is 0 Å². The fraction of sp³-hybridized carbons (Fsp3) is 0.200. The summed E-state index contributed by atoms with van der Waals surface area (Å²) in [6, 6.07) is 5.59. The van der Waals surface area contributed by atoms with Gasteiger partial charge in [0.1, 0.15) is 5.75 Å². The van der Waals surface area contributed by atoms with E-state index < -0.39 is 0 Å². The maximum absolute atomic E-state index is 9.19. The van der Waals surface area contributed by atoms with Crippen molar-refractivity contribution in [2.24, 2.45) is 0 Å². The Hall–Kier alpha value is -0.846. The fourth-order valence-corrected chi connectivity index (χ4v) is 1.01. The Labute approximate surface area is 91.7 Å². The van der Waals surface area contributed by atoms with Gasteiger partial charge >= 0.3 is 0 Å². The highest BCUT2D eigenvalue weighted by Crippen LogP contribution is 2.17. The van der Waals surface area contributed by atoms with Gasteiger partial charge < -0.3 is 9.22 Å². The van der Waals surface area contributed by atoms with Gasteiger partial charge in [-0.2, -0.15) is 0 Å². The van der Waals surface area contributed by atoms with E-state index in [4.69, 9.17) is 0 Å². The van der Waals surface area contributed by atoms with Gasteiger partial charge in [0.2, 0.25) is 21.0 Å². The molecule has 0 bridgehead atoms. The molecule has 2 nitrogen and oxygen atoms in total. The van der Waals surface area contributed by atoms with Crippen molar-refractivity contribution >= 4 is 21.0 Å². The highest BCUT2D eigenvalue weighted by molar-refractivity contribution is 6.15. The second-order valence-electron chi connectivity index (χ2n) is 2.72. The van der Waals surface area contributed by atoms with Gasteiger partial charge in [-0.1, -0.05) is 18.2 Å². The molecular weight excluding hydrogens is 208 g/mol. The number of aryl methyl sites for hydroxylation is 1. The monoisotopic (exact) mass is 220 g/mol. The van der Waals surface area contributed by atoms with Gasteiger partial charge in [0.05, 0.1) is 0 Å². The predicted molar refractivity (Wildman–Crippen MR) is 59.3 cm³/mol. The molecule has 0 saturated carbocycles. The van der Waals surface area contributed by atoms with Gasteiger partial charge in [0.25, 0.3) is 0 Å². The number of rotatable bonds is 2. The SMILES string of the molecule is C=CCc1ccc(O)c(C)c1.[Si]O[Si]. The Morgan fingerprint density at radius 1 is 1.50 bits per heavy atom. The number of phenols is 1. The summed E-state index contributed by atoms with van der Waals surface area (Å²) in [6.45, 7) is 5.54. The van der Waals surface area contributed by atoms with Crippen molar-refractivity contribution < 1.29 is 9.22 Å². The molecule has 0 aromatic heterocycles. The van der Waals surface area contributed by atoms with Crippen LogP contribution < -0.4 is 0 Å². The number of hydrogen-bond acceptors (Lipinski definition) is 2. The second-order valence-corrected chi connectivity index (χ2v) is 3.53. The van der Waals surface area contributed by atoms with E-state index in [2.05, 4.69) is 31.7 Å². The van der Waals surface area contributed by atoms with Gasteiger partial charge in [0, 0.05) is 0 Å². The minimum absolute atomic E-state index is 0.359. The van der Waals surface area contributed by atoms with Crippen LogP contribution in [0.1, 0.15) is 11.1 Å². The number of allylic oxidation sites excluding steroid dienone is 1. The molecule has 4 heteroatoms. The fourth-order valence-electron chi connectivity index (χ4n) is 1.01. The van der Waals surface area contributed by atoms with Crippen molar-refractivity contribution in [1.82, 2.24) is 0 Å². The van der Waals surface area contributed by atoms with Crippen LogP contribution in [0.4, 0.5) is 0 Å². The smallest absolute Gasteiger partial charge is 0.229 e. The molecule has 72 valence electrons. The Morgan fingerprint density at radius 3 is 2.50 bits per heavy atom. The lowest BCUT2D eigenvalue weighted by molar-refractivity contribution is 0.471. The van der Waals surface area contributed by atoms with Crippen molar-refractivity contribution in [3.63, 3.8) is 0 Å². The van der Waals surface area contributed by atoms with E-state index in [0.717, 1.165) is 12.0 Å². The number of phenolic OH excluding ortho intramolecular Hbond substituents is 1. The first-order valence-electron chi connectivity index (χ1n) is 4.04. The van der Waals surface area contributed by atoms with E-state index in [1.54, 1.807) is 6.07 Å². The molecule has 0 aliphatic heterocycles. The molecule has 0 aliphatic carbocycles. The number of aromatic hydroxyl groups is 1. The quantitative estimate of drug-likeness (QED) is 0.606. The van der Waals surface area contributed by atoms with Gasteiger partial charge in [-0.3, -0.25) is 0 Å². The molecule has 0 spiro atoms. The second kappa shape index (κ2) is 7.55. The standard InChI is InChI=1S/C10H12O.OSi2/c1-3-4-9-5-6-10(11)8(2)7-9;2-1-3/h3,5-7,11H,1,4H2,2H3;. The predicted octanol–water partition coefficient (Wildman–Crippen LogP) is 1.60. The minimum atomic E-state index is 0.359. The first kappa shape index (κ1) is 13.2. The molecule has 0 fully saturated rings. The molecule has 0 aliphatic rings. The molecule has 6 radical (unpaired) electrons. The van der Waals surface area contributed by atoms with Crippen molar-refractivity contribution in [1.29, 1.82) is 0 Å². The maximum Gasteiger partial charge on any atom is 0.229 e. The van der Waals surface area contributed by atoms with Crippen LogP contribution in [0.3, 0.4) is 0 Å². The summed E-state index contributed by atoms with van der Waals surface area (Å²) >= 11 is 0. The average molecular weight is 220 g/mol. The molecule has 1 N–H and O–H groups in total. The summed E-state index contributed by atoms with van der Waals surface area (Å²) in [5.74, 6) is 0.359. The lowest BCUT2D eigenvalue weighted by atomic mass is 10.1. The third kappa shape index (κ3) is 5.01. The van der Waals surface area contributed by atoms with Crippen molar-refractivity contribution in [3.8, 4) is 5.75 Å². The van der Waals surface area contributed by atoms with Crippen LogP contribution >= 0.6 is 0 Å². The van der Waals surface area contributed by atoms with Crippen molar-refractivity contribution in [2.45, 2.75) is 13.3 Å². The number of hydrogen-bond donors (Lipinski definition) is 1. The molecule has 1 aromatic rings. The van der Waals surface area contributed by atoms with Crippen LogP contribution in [0.5, 0.6) is 5.75 Å². The first-order valence-corrected chi connectivity index (χ1v) is 4.86. The van der Waals surface area contributed by atoms with Crippen molar-refractivity contribution in [3.05, 3.63) is 42.0 Å². The molecular formula is C10H12O2Si2. The molecule has 0 unspecified atom stereocenters. The van der Waals surface area contributed by atoms with E-state index in [1.165, 1.54) is 5.56 Å². The zero-order chi connectivity index (χ0) is 11.0. The molecule has 14 heavy (non-hydrogen) atoms. The van der Waals surface area contributed by atoms with Crippen LogP contribution in [-0.2, 0) is 10.5 Å². The molecule has 0 saturated heterocycles. The Kier molecular flexibility index (Phi) is 7.09. The zero-order valence-corrected chi connectivity index (χ0v) is 10.1. The average Bonchev–Trinajstić information content (AvgIpc) is 2.13. The van der Waals surface area contributed by atoms with Crippen LogP contribution in [0.2, 0.25) is 0 Å². The van der Waals surface area contributed by atoms with Gasteiger partial charge in [-0.25, -0.2) is 0 Å². The largest absolute Gasteiger partial charge is 0.508 e. The summed E-state index contributed by atoms with van der Waals surface area (Å²) in [6.07, 6.45) is 2.72. The third-order valence-electron chi connectivity index (χ3n) is 1.64. The topological polar surface area (TPSA) is 29.5 Å².